The van der Waals surface area contributed by atoms with E-state index >= 15 is 0 Å². The van der Waals surface area contributed by atoms with Gasteiger partial charge in [-0.25, -0.2) is 0 Å². The van der Waals surface area contributed by atoms with Crippen LogP contribution >= 0.6 is 11.8 Å². The molecule has 0 aromatic heterocycles. The molecule has 0 spiro atoms. The quantitative estimate of drug-likeness (QED) is 0.800. The van der Waals surface area contributed by atoms with E-state index < -0.39 is 0 Å². The molecular formula is C15H23NOS. The first-order valence-corrected chi connectivity index (χ1v) is 7.79. The van der Waals surface area contributed by atoms with Crippen LogP contribution in [0.2, 0.25) is 0 Å². The molecule has 0 saturated heterocycles. The van der Waals surface area contributed by atoms with Gasteiger partial charge in [0.15, 0.2) is 0 Å². The van der Waals surface area contributed by atoms with E-state index in [-0.39, 0.29) is 6.10 Å². The lowest BCUT2D eigenvalue weighted by molar-refractivity contribution is 0.111. The van der Waals surface area contributed by atoms with E-state index in [0.29, 0.717) is 5.92 Å². The summed E-state index contributed by atoms with van der Waals surface area (Å²) < 4.78 is 0. The van der Waals surface area contributed by atoms with Gasteiger partial charge in [-0.3, -0.25) is 0 Å². The molecule has 0 aliphatic heterocycles. The molecule has 1 fully saturated rings. The number of thioether (sulfide) groups is 1. The number of benzene rings is 1. The normalized spacial score (nSPS) is 23.7. The van der Waals surface area contributed by atoms with Crippen LogP contribution in [0.1, 0.15) is 19.3 Å². The third kappa shape index (κ3) is 4.30. The van der Waals surface area contributed by atoms with Crippen molar-refractivity contribution < 1.29 is 5.11 Å². The molecule has 0 bridgehead atoms. The number of nitrogens with zero attached hydrogens (tertiary/aromatic N) is 1. The Balaban J connectivity index is 1.64. The molecule has 1 saturated carbocycles. The van der Waals surface area contributed by atoms with Crippen LogP contribution in [0, 0.1) is 5.92 Å². The Morgan fingerprint density at radius 2 is 2.06 bits per heavy atom. The first-order chi connectivity index (χ1) is 8.75. The zero-order valence-corrected chi connectivity index (χ0v) is 11.9. The average molecular weight is 265 g/mol. The second kappa shape index (κ2) is 7.17. The minimum atomic E-state index is -0.0609. The largest absolute Gasteiger partial charge is 0.393 e. The Morgan fingerprint density at radius 3 is 2.72 bits per heavy atom. The summed E-state index contributed by atoms with van der Waals surface area (Å²) in [6.45, 7) is 2.12. The van der Waals surface area contributed by atoms with Crippen molar-refractivity contribution in [2.45, 2.75) is 30.3 Å². The van der Waals surface area contributed by atoms with Gasteiger partial charge in [-0.05, 0) is 37.9 Å². The van der Waals surface area contributed by atoms with Crippen molar-refractivity contribution in [2.75, 3.05) is 25.9 Å². The number of hydrogen-bond acceptors (Lipinski definition) is 3. The van der Waals surface area contributed by atoms with Crippen LogP contribution in [0.25, 0.3) is 0 Å². The van der Waals surface area contributed by atoms with Crippen molar-refractivity contribution in [2.24, 2.45) is 5.92 Å². The Hall–Kier alpha value is -0.510. The summed E-state index contributed by atoms with van der Waals surface area (Å²) in [5, 5.41) is 9.81. The number of hydrogen-bond donors (Lipinski definition) is 1. The molecule has 1 N–H and O–H groups in total. The SMILES string of the molecule is CN(CCSc1ccccc1)CC1CCCC1O. The molecule has 2 rings (SSSR count). The van der Waals surface area contributed by atoms with Gasteiger partial charge in [0.25, 0.3) is 0 Å². The van der Waals surface area contributed by atoms with Crippen molar-refractivity contribution >= 4 is 11.8 Å². The lowest BCUT2D eigenvalue weighted by Crippen LogP contribution is -2.31. The van der Waals surface area contributed by atoms with Crippen LogP contribution in [0.15, 0.2) is 35.2 Å². The maximum atomic E-state index is 9.81. The Kier molecular flexibility index (Phi) is 5.54. The molecule has 0 heterocycles. The highest BCUT2D eigenvalue weighted by molar-refractivity contribution is 7.99. The maximum Gasteiger partial charge on any atom is 0.0580 e. The summed E-state index contributed by atoms with van der Waals surface area (Å²) >= 11 is 1.90. The van der Waals surface area contributed by atoms with Crippen LogP contribution < -0.4 is 0 Å². The van der Waals surface area contributed by atoms with Crippen LogP contribution in [0.5, 0.6) is 0 Å². The van der Waals surface area contributed by atoms with Gasteiger partial charge in [0.1, 0.15) is 0 Å². The van der Waals surface area contributed by atoms with Crippen molar-refractivity contribution in [1.29, 1.82) is 0 Å². The maximum absolute atomic E-state index is 9.81. The van der Waals surface area contributed by atoms with Crippen LogP contribution in [0.3, 0.4) is 0 Å². The molecule has 100 valence electrons. The van der Waals surface area contributed by atoms with E-state index in [0.717, 1.165) is 25.3 Å². The summed E-state index contributed by atoms with van der Waals surface area (Å²) in [6.07, 6.45) is 3.32. The van der Waals surface area contributed by atoms with Crippen LogP contribution in [-0.4, -0.2) is 42.0 Å². The molecule has 0 radical (unpaired) electrons. The summed E-state index contributed by atoms with van der Waals surface area (Å²) in [7, 11) is 2.16. The van der Waals surface area contributed by atoms with Gasteiger partial charge in [0.2, 0.25) is 0 Å². The molecule has 18 heavy (non-hydrogen) atoms. The summed E-state index contributed by atoms with van der Waals surface area (Å²) in [4.78, 5) is 3.70. The molecular weight excluding hydrogens is 242 g/mol. The lowest BCUT2D eigenvalue weighted by atomic mass is 10.1. The fourth-order valence-corrected chi connectivity index (χ4v) is 3.55. The summed E-state index contributed by atoms with van der Waals surface area (Å²) in [6, 6.07) is 10.5. The van der Waals surface area contributed by atoms with Gasteiger partial charge in [0, 0.05) is 23.7 Å². The third-order valence-electron chi connectivity index (χ3n) is 3.65. The molecule has 1 aliphatic rings. The predicted octanol–water partition coefficient (Wildman–Crippen LogP) is 2.87. The first-order valence-electron chi connectivity index (χ1n) is 6.80. The van der Waals surface area contributed by atoms with Gasteiger partial charge in [-0.2, -0.15) is 0 Å². The smallest absolute Gasteiger partial charge is 0.0580 e. The van der Waals surface area contributed by atoms with E-state index in [1.807, 2.05) is 11.8 Å². The molecule has 0 amide bonds. The minimum absolute atomic E-state index is 0.0609. The van der Waals surface area contributed by atoms with E-state index in [9.17, 15) is 5.11 Å². The van der Waals surface area contributed by atoms with E-state index in [1.165, 1.54) is 17.7 Å². The zero-order valence-electron chi connectivity index (χ0n) is 11.1. The number of aliphatic hydroxyl groups is 1. The average Bonchev–Trinajstić information content (AvgIpc) is 2.76. The second-order valence-electron chi connectivity index (χ2n) is 5.18. The molecule has 2 atom stereocenters. The Bertz CT molecular complexity index is 344. The van der Waals surface area contributed by atoms with Crippen molar-refractivity contribution in [3.05, 3.63) is 30.3 Å². The Labute approximate surface area is 114 Å². The van der Waals surface area contributed by atoms with Gasteiger partial charge in [0.05, 0.1) is 6.10 Å². The number of aliphatic hydroxyl groups excluding tert-OH is 1. The second-order valence-corrected chi connectivity index (χ2v) is 6.35. The molecule has 1 aromatic rings. The van der Waals surface area contributed by atoms with Crippen LogP contribution in [-0.2, 0) is 0 Å². The van der Waals surface area contributed by atoms with Crippen molar-refractivity contribution in [1.82, 2.24) is 4.90 Å². The highest BCUT2D eigenvalue weighted by Gasteiger charge is 2.25. The molecule has 2 nitrogen and oxygen atoms in total. The van der Waals surface area contributed by atoms with Gasteiger partial charge in [-0.1, -0.05) is 24.6 Å². The topological polar surface area (TPSA) is 23.5 Å². The summed E-state index contributed by atoms with van der Waals surface area (Å²) in [5.74, 6) is 1.61. The Morgan fingerprint density at radius 1 is 1.28 bits per heavy atom. The fraction of sp³-hybridized carbons (Fsp3) is 0.600. The van der Waals surface area contributed by atoms with Gasteiger partial charge >= 0.3 is 0 Å². The third-order valence-corrected chi connectivity index (χ3v) is 4.64. The molecule has 1 aromatic carbocycles. The van der Waals surface area contributed by atoms with Crippen LogP contribution in [0.4, 0.5) is 0 Å². The zero-order chi connectivity index (χ0) is 12.8. The highest BCUT2D eigenvalue weighted by Crippen LogP contribution is 2.26. The first kappa shape index (κ1) is 13.9. The van der Waals surface area contributed by atoms with E-state index in [2.05, 4.69) is 42.3 Å². The predicted molar refractivity (Wildman–Crippen MR) is 78.0 cm³/mol. The summed E-state index contributed by atoms with van der Waals surface area (Å²) in [5.41, 5.74) is 0. The van der Waals surface area contributed by atoms with E-state index in [4.69, 9.17) is 0 Å². The molecule has 2 unspecified atom stereocenters. The molecule has 3 heteroatoms. The van der Waals surface area contributed by atoms with Gasteiger partial charge in [-0.15, -0.1) is 11.8 Å². The minimum Gasteiger partial charge on any atom is -0.393 e. The standard InChI is InChI=1S/C15H23NOS/c1-16(12-13-6-5-9-15(13)17)10-11-18-14-7-3-2-4-8-14/h2-4,7-8,13,15,17H,5-6,9-12H2,1H3. The lowest BCUT2D eigenvalue weighted by Gasteiger charge is -2.22. The molecule has 1 aliphatic carbocycles. The number of rotatable bonds is 6. The van der Waals surface area contributed by atoms with Crippen molar-refractivity contribution in [3.8, 4) is 0 Å². The highest BCUT2D eigenvalue weighted by atomic mass is 32.2. The fourth-order valence-electron chi connectivity index (χ4n) is 2.56. The monoisotopic (exact) mass is 265 g/mol. The van der Waals surface area contributed by atoms with Crippen molar-refractivity contribution in [3.63, 3.8) is 0 Å². The van der Waals surface area contributed by atoms with Gasteiger partial charge < -0.3 is 10.0 Å². The van der Waals surface area contributed by atoms with E-state index in [1.54, 1.807) is 0 Å².